The first-order valence-electron chi connectivity index (χ1n) is 3.87. The molecule has 0 aliphatic carbocycles. The van der Waals surface area contributed by atoms with Crippen LogP contribution in [0.15, 0.2) is 16.6 Å². The van der Waals surface area contributed by atoms with Gasteiger partial charge in [0.1, 0.15) is 5.75 Å². The molecular weight excluding hydrogens is 277 g/mol. The molecule has 0 fully saturated rings. The molecule has 82 valence electrons. The molecule has 6 heteroatoms. The average Bonchev–Trinajstić information content (AvgIpc) is 2.12. The number of carbonyl (C=O) groups is 1. The smallest absolute Gasteiger partial charge is 0.387 e. The van der Waals surface area contributed by atoms with Gasteiger partial charge >= 0.3 is 6.61 Å². The van der Waals surface area contributed by atoms with Crippen molar-refractivity contribution in [3.63, 3.8) is 0 Å². The van der Waals surface area contributed by atoms with Crippen molar-refractivity contribution < 1.29 is 22.7 Å². The fourth-order valence-electron chi connectivity index (χ4n) is 0.991. The molecule has 1 aromatic carbocycles. The Morgan fingerprint density at radius 2 is 2.07 bits per heavy atom. The number of ketones is 1. The lowest BCUT2D eigenvalue weighted by Crippen LogP contribution is -2.05. The number of alkyl halides is 2. The normalized spacial score (nSPS) is 10.5. The second-order valence-electron chi connectivity index (χ2n) is 2.67. The van der Waals surface area contributed by atoms with Gasteiger partial charge in [0.05, 0.1) is 10.0 Å². The second-order valence-corrected chi connectivity index (χ2v) is 3.47. The van der Waals surface area contributed by atoms with E-state index in [1.54, 1.807) is 0 Å². The monoisotopic (exact) mass is 282 g/mol. The lowest BCUT2D eigenvalue weighted by molar-refractivity contribution is -0.0505. The topological polar surface area (TPSA) is 26.3 Å². The van der Waals surface area contributed by atoms with Gasteiger partial charge in [-0.25, -0.2) is 4.39 Å². The summed E-state index contributed by atoms with van der Waals surface area (Å²) < 4.78 is 40.8. The molecule has 0 bridgehead atoms. The third-order valence-electron chi connectivity index (χ3n) is 1.64. The van der Waals surface area contributed by atoms with E-state index in [2.05, 4.69) is 20.7 Å². The molecule has 0 aliphatic rings. The highest BCUT2D eigenvalue weighted by Crippen LogP contribution is 2.31. The van der Waals surface area contributed by atoms with Crippen molar-refractivity contribution in [1.82, 2.24) is 0 Å². The maximum Gasteiger partial charge on any atom is 0.387 e. The number of hydrogen-bond acceptors (Lipinski definition) is 2. The van der Waals surface area contributed by atoms with Crippen LogP contribution in [-0.4, -0.2) is 12.4 Å². The Morgan fingerprint density at radius 1 is 1.47 bits per heavy atom. The van der Waals surface area contributed by atoms with Crippen molar-refractivity contribution in [2.45, 2.75) is 13.5 Å². The molecule has 0 aliphatic heterocycles. The van der Waals surface area contributed by atoms with Gasteiger partial charge in [-0.3, -0.25) is 4.79 Å². The first-order chi connectivity index (χ1) is 6.93. The van der Waals surface area contributed by atoms with Crippen LogP contribution in [0, 0.1) is 5.82 Å². The van der Waals surface area contributed by atoms with E-state index < -0.39 is 18.2 Å². The van der Waals surface area contributed by atoms with Crippen molar-refractivity contribution in [2.24, 2.45) is 0 Å². The van der Waals surface area contributed by atoms with Crippen LogP contribution >= 0.6 is 15.9 Å². The van der Waals surface area contributed by atoms with E-state index >= 15 is 0 Å². The average molecular weight is 283 g/mol. The lowest BCUT2D eigenvalue weighted by Gasteiger charge is -2.08. The summed E-state index contributed by atoms with van der Waals surface area (Å²) in [6.45, 7) is -1.86. The molecule has 0 saturated heterocycles. The third kappa shape index (κ3) is 2.71. The minimum atomic E-state index is -3.04. The van der Waals surface area contributed by atoms with Crippen LogP contribution in [0.3, 0.4) is 0 Å². The molecule has 2 nitrogen and oxygen atoms in total. The Balaban J connectivity index is 3.15. The number of Topliss-reactive ketones (excluding diaryl/α,β-unsaturated/α-hetero) is 1. The summed E-state index contributed by atoms with van der Waals surface area (Å²) in [5.41, 5.74) is -0.177. The zero-order valence-corrected chi connectivity index (χ0v) is 9.15. The first kappa shape index (κ1) is 12.0. The minimum Gasteiger partial charge on any atom is -0.434 e. The quantitative estimate of drug-likeness (QED) is 0.795. The summed E-state index contributed by atoms with van der Waals surface area (Å²) in [5.74, 6) is -1.73. The first-order valence-corrected chi connectivity index (χ1v) is 4.66. The number of ether oxygens (including phenoxy) is 1. The van der Waals surface area contributed by atoms with E-state index in [1.165, 1.54) is 6.92 Å². The van der Waals surface area contributed by atoms with Gasteiger partial charge in [-0.15, -0.1) is 0 Å². The minimum absolute atomic E-state index is 0.177. The van der Waals surface area contributed by atoms with Crippen molar-refractivity contribution in [3.05, 3.63) is 28.0 Å². The van der Waals surface area contributed by atoms with E-state index in [9.17, 15) is 18.0 Å². The van der Waals surface area contributed by atoms with Crippen LogP contribution in [-0.2, 0) is 0 Å². The van der Waals surface area contributed by atoms with E-state index in [1.807, 2.05) is 0 Å². The number of hydrogen-bond donors (Lipinski definition) is 0. The molecule has 0 unspecified atom stereocenters. The Labute approximate surface area is 92.2 Å². The number of carbonyl (C=O) groups excluding carboxylic acids is 1. The van der Waals surface area contributed by atoms with Gasteiger partial charge in [-0.05, 0) is 35.0 Å². The number of benzene rings is 1. The molecule has 0 atom stereocenters. The fourth-order valence-corrected chi connectivity index (χ4v) is 1.43. The van der Waals surface area contributed by atoms with Crippen LogP contribution in [0.2, 0.25) is 0 Å². The molecule has 0 amide bonds. The summed E-state index contributed by atoms with van der Waals surface area (Å²) in [6.07, 6.45) is 0. The molecule has 1 rings (SSSR count). The SMILES string of the molecule is CC(=O)c1ccc(OC(F)F)c(Br)c1F. The summed E-state index contributed by atoms with van der Waals surface area (Å²) >= 11 is 2.74. The fraction of sp³-hybridized carbons (Fsp3) is 0.222. The van der Waals surface area contributed by atoms with Crippen LogP contribution in [0.25, 0.3) is 0 Å². The van der Waals surface area contributed by atoms with Crippen LogP contribution in [0.5, 0.6) is 5.75 Å². The van der Waals surface area contributed by atoms with Gasteiger partial charge < -0.3 is 4.74 Å². The van der Waals surface area contributed by atoms with Crippen LogP contribution < -0.4 is 4.74 Å². The van der Waals surface area contributed by atoms with Gasteiger partial charge in [0, 0.05) is 0 Å². The van der Waals surface area contributed by atoms with E-state index in [0.29, 0.717) is 0 Å². The van der Waals surface area contributed by atoms with Crippen LogP contribution in [0.1, 0.15) is 17.3 Å². The molecule has 0 N–H and O–H groups in total. The Bertz CT molecular complexity index is 393. The van der Waals surface area contributed by atoms with Crippen molar-refractivity contribution in [1.29, 1.82) is 0 Å². The number of halogens is 4. The second kappa shape index (κ2) is 4.65. The van der Waals surface area contributed by atoms with E-state index in [0.717, 1.165) is 12.1 Å². The molecular formula is C9H6BrF3O2. The third-order valence-corrected chi connectivity index (χ3v) is 2.38. The zero-order valence-electron chi connectivity index (χ0n) is 7.56. The molecule has 0 spiro atoms. The van der Waals surface area contributed by atoms with Gasteiger partial charge in [-0.1, -0.05) is 0 Å². The Hall–Kier alpha value is -1.04. The largest absolute Gasteiger partial charge is 0.434 e. The molecule has 1 aromatic rings. The molecule has 0 aromatic heterocycles. The van der Waals surface area contributed by atoms with E-state index in [-0.39, 0.29) is 15.8 Å². The lowest BCUT2D eigenvalue weighted by atomic mass is 10.1. The van der Waals surface area contributed by atoms with Gasteiger partial charge in [0.2, 0.25) is 0 Å². The predicted octanol–water partition coefficient (Wildman–Crippen LogP) is 3.39. The summed E-state index contributed by atoms with van der Waals surface area (Å²) in [6, 6.07) is 2.20. The highest BCUT2D eigenvalue weighted by atomic mass is 79.9. The number of rotatable bonds is 3. The predicted molar refractivity (Wildman–Crippen MR) is 50.7 cm³/mol. The Morgan fingerprint density at radius 3 is 2.53 bits per heavy atom. The van der Waals surface area contributed by atoms with Crippen LogP contribution in [0.4, 0.5) is 13.2 Å². The molecule has 0 radical (unpaired) electrons. The van der Waals surface area contributed by atoms with Crippen molar-refractivity contribution >= 4 is 21.7 Å². The Kier molecular flexibility index (Phi) is 3.73. The maximum absolute atomic E-state index is 13.4. The van der Waals surface area contributed by atoms with Crippen molar-refractivity contribution in [2.75, 3.05) is 0 Å². The van der Waals surface area contributed by atoms with Gasteiger partial charge in [-0.2, -0.15) is 8.78 Å². The zero-order chi connectivity index (χ0) is 11.6. The van der Waals surface area contributed by atoms with Gasteiger partial charge in [0.25, 0.3) is 0 Å². The standard InChI is InChI=1S/C9H6BrF3O2/c1-4(14)5-2-3-6(15-9(12)13)7(10)8(5)11/h2-3,9H,1H3. The molecule has 15 heavy (non-hydrogen) atoms. The summed E-state index contributed by atoms with van der Waals surface area (Å²) in [4.78, 5) is 10.9. The maximum atomic E-state index is 13.4. The highest BCUT2D eigenvalue weighted by Gasteiger charge is 2.17. The van der Waals surface area contributed by atoms with Crippen molar-refractivity contribution in [3.8, 4) is 5.75 Å². The summed E-state index contributed by atoms with van der Waals surface area (Å²) in [7, 11) is 0. The molecule has 0 saturated carbocycles. The summed E-state index contributed by atoms with van der Waals surface area (Å²) in [5, 5.41) is 0. The highest BCUT2D eigenvalue weighted by molar-refractivity contribution is 9.10. The molecule has 0 heterocycles. The van der Waals surface area contributed by atoms with E-state index in [4.69, 9.17) is 0 Å². The van der Waals surface area contributed by atoms with Gasteiger partial charge in [0.15, 0.2) is 11.6 Å².